The summed E-state index contributed by atoms with van der Waals surface area (Å²) in [5.74, 6) is 0.186. The maximum absolute atomic E-state index is 12.0. The van der Waals surface area contributed by atoms with Crippen LogP contribution in [-0.2, 0) is 0 Å². The van der Waals surface area contributed by atoms with Crippen LogP contribution in [0.25, 0.3) is 0 Å². The molecule has 0 saturated carbocycles. The van der Waals surface area contributed by atoms with E-state index < -0.39 is 0 Å². The largest absolute Gasteiger partial charge is 0.356 e. The summed E-state index contributed by atoms with van der Waals surface area (Å²) in [4.78, 5) is 15.2. The molecule has 2 heteroatoms. The summed E-state index contributed by atoms with van der Waals surface area (Å²) < 4.78 is 0. The van der Waals surface area contributed by atoms with Gasteiger partial charge in [-0.2, -0.15) is 0 Å². The topological polar surface area (TPSA) is 32.9 Å². The van der Waals surface area contributed by atoms with Crippen LogP contribution in [0.5, 0.6) is 0 Å². The fourth-order valence-corrected chi connectivity index (χ4v) is 1.45. The minimum absolute atomic E-state index is 0.186. The smallest absolute Gasteiger partial charge is 0.184 e. The average Bonchev–Trinajstić information content (AvgIpc) is 2.30. The van der Waals surface area contributed by atoms with Crippen molar-refractivity contribution in [2.75, 3.05) is 0 Å². The van der Waals surface area contributed by atoms with Gasteiger partial charge >= 0.3 is 0 Å². The minimum atomic E-state index is -0.311. The van der Waals surface area contributed by atoms with Crippen LogP contribution in [-0.4, -0.2) is 10.8 Å². The molecule has 78 valence electrons. The molecule has 0 aromatic carbocycles. The molecule has 0 atom stereocenters. The van der Waals surface area contributed by atoms with Gasteiger partial charge in [0.1, 0.15) is 0 Å². The van der Waals surface area contributed by atoms with Crippen molar-refractivity contribution in [2.24, 2.45) is 5.41 Å². The lowest BCUT2D eigenvalue weighted by molar-refractivity contribution is 0.0852. The number of hydrogen-bond acceptors (Lipinski definition) is 1. The first kappa shape index (κ1) is 11.0. The Bertz CT molecular complexity index is 366. The van der Waals surface area contributed by atoms with E-state index in [-0.39, 0.29) is 11.2 Å². The highest BCUT2D eigenvalue weighted by molar-refractivity contribution is 5.99. The van der Waals surface area contributed by atoms with E-state index in [2.05, 4.69) is 4.98 Å². The first-order valence-corrected chi connectivity index (χ1v) is 4.95. The third-order valence-corrected chi connectivity index (χ3v) is 2.72. The summed E-state index contributed by atoms with van der Waals surface area (Å²) in [6, 6.07) is 0. The predicted octanol–water partition coefficient (Wildman–Crippen LogP) is 3.17. The number of hydrogen-bond donors (Lipinski definition) is 1. The quantitative estimate of drug-likeness (QED) is 0.683. The zero-order chi connectivity index (χ0) is 11.1. The monoisotopic (exact) mass is 193 g/mol. The molecule has 14 heavy (non-hydrogen) atoms. The van der Waals surface area contributed by atoms with E-state index in [9.17, 15) is 4.79 Å². The maximum atomic E-state index is 12.0. The fourth-order valence-electron chi connectivity index (χ4n) is 1.45. The molecule has 1 aromatic heterocycles. The molecule has 0 fully saturated rings. The van der Waals surface area contributed by atoms with Gasteiger partial charge in [0, 0.05) is 11.1 Å². The molecular formula is C12H19NO. The number of ketones is 1. The van der Waals surface area contributed by atoms with Gasteiger partial charge < -0.3 is 4.98 Å². The van der Waals surface area contributed by atoms with Crippen LogP contribution < -0.4 is 0 Å². The lowest BCUT2D eigenvalue weighted by Crippen LogP contribution is -2.21. The molecule has 1 heterocycles. The highest BCUT2D eigenvalue weighted by Crippen LogP contribution is 2.25. The summed E-state index contributed by atoms with van der Waals surface area (Å²) in [6.45, 7) is 11.9. The Hall–Kier alpha value is -1.05. The molecule has 0 aliphatic rings. The molecule has 0 spiro atoms. The van der Waals surface area contributed by atoms with E-state index in [4.69, 9.17) is 0 Å². The summed E-state index contributed by atoms with van der Waals surface area (Å²) >= 11 is 0. The molecule has 0 aliphatic carbocycles. The SMILES string of the molecule is Cc1[nH]c(C(=O)C(C)(C)C)c(C)c1C. The average molecular weight is 193 g/mol. The summed E-state index contributed by atoms with van der Waals surface area (Å²) in [7, 11) is 0. The van der Waals surface area contributed by atoms with Crippen molar-refractivity contribution in [3.8, 4) is 0 Å². The fraction of sp³-hybridized carbons (Fsp3) is 0.583. The maximum Gasteiger partial charge on any atom is 0.184 e. The standard InChI is InChI=1S/C12H19NO/c1-7-8(2)10(13-9(7)3)11(14)12(4,5)6/h13H,1-6H3. The van der Waals surface area contributed by atoms with Crippen molar-refractivity contribution >= 4 is 5.78 Å². The summed E-state index contributed by atoms with van der Waals surface area (Å²) in [5.41, 5.74) is 3.83. The number of nitrogens with one attached hydrogen (secondary N) is 1. The van der Waals surface area contributed by atoms with Crippen molar-refractivity contribution in [1.82, 2.24) is 4.98 Å². The van der Waals surface area contributed by atoms with E-state index in [0.717, 1.165) is 17.0 Å². The van der Waals surface area contributed by atoms with E-state index >= 15 is 0 Å². The molecule has 0 unspecified atom stereocenters. The van der Waals surface area contributed by atoms with E-state index in [1.165, 1.54) is 5.56 Å². The summed E-state index contributed by atoms with van der Waals surface area (Å²) in [6.07, 6.45) is 0. The highest BCUT2D eigenvalue weighted by Gasteiger charge is 2.26. The van der Waals surface area contributed by atoms with Gasteiger partial charge in [-0.05, 0) is 31.9 Å². The molecule has 1 aromatic rings. The third-order valence-electron chi connectivity index (χ3n) is 2.72. The molecule has 0 saturated heterocycles. The van der Waals surface area contributed by atoms with Gasteiger partial charge in [-0.1, -0.05) is 20.8 Å². The van der Waals surface area contributed by atoms with Crippen LogP contribution in [0, 0.1) is 26.2 Å². The Kier molecular flexibility index (Phi) is 2.57. The van der Waals surface area contributed by atoms with Crippen LogP contribution in [0.2, 0.25) is 0 Å². The van der Waals surface area contributed by atoms with Gasteiger partial charge in [-0.15, -0.1) is 0 Å². The van der Waals surface area contributed by atoms with Gasteiger partial charge in [-0.3, -0.25) is 4.79 Å². The zero-order valence-corrected chi connectivity index (χ0v) is 9.91. The second-order valence-electron chi connectivity index (χ2n) is 4.95. The number of H-pyrrole nitrogens is 1. The molecule has 1 N–H and O–H groups in total. The molecule has 1 rings (SSSR count). The number of aromatic nitrogens is 1. The Morgan fingerprint density at radius 2 is 1.57 bits per heavy atom. The molecule has 2 nitrogen and oxygen atoms in total. The van der Waals surface area contributed by atoms with E-state index in [0.29, 0.717) is 0 Å². The third kappa shape index (κ3) is 1.74. The summed E-state index contributed by atoms with van der Waals surface area (Å²) in [5, 5.41) is 0. The lowest BCUT2D eigenvalue weighted by atomic mass is 9.87. The van der Waals surface area contributed by atoms with Crippen LogP contribution >= 0.6 is 0 Å². The van der Waals surface area contributed by atoms with Crippen LogP contribution in [0.15, 0.2) is 0 Å². The second-order valence-corrected chi connectivity index (χ2v) is 4.95. The molecular weight excluding hydrogens is 174 g/mol. The number of aromatic amines is 1. The molecule has 0 radical (unpaired) electrons. The van der Waals surface area contributed by atoms with Crippen molar-refractivity contribution in [3.63, 3.8) is 0 Å². The Morgan fingerprint density at radius 1 is 1.07 bits per heavy atom. The van der Waals surface area contributed by atoms with E-state index in [1.54, 1.807) is 0 Å². The van der Waals surface area contributed by atoms with Crippen molar-refractivity contribution in [1.29, 1.82) is 0 Å². The van der Waals surface area contributed by atoms with Gasteiger partial charge in [-0.25, -0.2) is 0 Å². The number of Topliss-reactive ketones (excluding diaryl/α,β-unsaturated/α-hetero) is 1. The Morgan fingerprint density at radius 3 is 1.86 bits per heavy atom. The Balaban J connectivity index is 3.22. The van der Waals surface area contributed by atoms with Crippen LogP contribution in [0.3, 0.4) is 0 Å². The first-order chi connectivity index (χ1) is 6.25. The van der Waals surface area contributed by atoms with Crippen molar-refractivity contribution in [2.45, 2.75) is 41.5 Å². The van der Waals surface area contributed by atoms with Gasteiger partial charge in [0.2, 0.25) is 0 Å². The highest BCUT2D eigenvalue weighted by atomic mass is 16.1. The van der Waals surface area contributed by atoms with Crippen LogP contribution in [0.1, 0.15) is 48.1 Å². The zero-order valence-electron chi connectivity index (χ0n) is 9.91. The number of aryl methyl sites for hydroxylation is 1. The lowest BCUT2D eigenvalue weighted by Gasteiger charge is -2.16. The number of rotatable bonds is 1. The second kappa shape index (κ2) is 3.26. The van der Waals surface area contributed by atoms with Crippen LogP contribution in [0.4, 0.5) is 0 Å². The molecule has 0 amide bonds. The molecule has 0 aliphatic heterocycles. The number of carbonyl (C=O) groups excluding carboxylic acids is 1. The van der Waals surface area contributed by atoms with E-state index in [1.807, 2.05) is 41.5 Å². The predicted molar refractivity (Wildman–Crippen MR) is 58.8 cm³/mol. The number of carbonyl (C=O) groups is 1. The van der Waals surface area contributed by atoms with Crippen molar-refractivity contribution < 1.29 is 4.79 Å². The first-order valence-electron chi connectivity index (χ1n) is 4.95. The normalized spacial score (nSPS) is 11.9. The van der Waals surface area contributed by atoms with Gasteiger partial charge in [0.05, 0.1) is 5.69 Å². The van der Waals surface area contributed by atoms with Gasteiger partial charge in [0.15, 0.2) is 5.78 Å². The minimum Gasteiger partial charge on any atom is -0.356 e. The molecule has 0 bridgehead atoms. The van der Waals surface area contributed by atoms with Gasteiger partial charge in [0.25, 0.3) is 0 Å². The Labute approximate surface area is 85.7 Å². The van der Waals surface area contributed by atoms with Crippen molar-refractivity contribution in [3.05, 3.63) is 22.5 Å².